The first kappa shape index (κ1) is 21.5. The summed E-state index contributed by atoms with van der Waals surface area (Å²) in [5, 5.41) is 19.1. The summed E-state index contributed by atoms with van der Waals surface area (Å²) in [6.45, 7) is 0.000470. The second-order valence-electron chi connectivity index (χ2n) is 6.67. The van der Waals surface area contributed by atoms with E-state index < -0.39 is 11.7 Å². The number of hydrogen-bond acceptors (Lipinski definition) is 6. The van der Waals surface area contributed by atoms with E-state index in [1.165, 1.54) is 0 Å². The van der Waals surface area contributed by atoms with E-state index in [1.807, 2.05) is 30.3 Å². The minimum Gasteiger partial charge on any atom is -0.419 e. The van der Waals surface area contributed by atoms with Crippen molar-refractivity contribution in [3.8, 4) is 29.4 Å². The molecule has 0 bridgehead atoms. The molecule has 0 saturated carbocycles. The van der Waals surface area contributed by atoms with Crippen LogP contribution < -0.4 is 5.32 Å². The van der Waals surface area contributed by atoms with Gasteiger partial charge in [0.1, 0.15) is 0 Å². The SMILES string of the molecule is N#Cc1ccc(C#CCCCCC(=O)C(=O)NCc2nnc(-c3ccccc3)o2)cc1. The summed E-state index contributed by atoms with van der Waals surface area (Å²) in [6.07, 6.45) is 2.07. The summed E-state index contributed by atoms with van der Waals surface area (Å²) < 4.78 is 5.50. The number of carbonyl (C=O) groups is 2. The number of nitriles is 1. The Kier molecular flexibility index (Phi) is 7.68. The van der Waals surface area contributed by atoms with Crippen LogP contribution in [0.3, 0.4) is 0 Å². The summed E-state index contributed by atoms with van der Waals surface area (Å²) in [5.74, 6) is 5.49. The van der Waals surface area contributed by atoms with Crippen LogP contribution in [0.15, 0.2) is 59.0 Å². The van der Waals surface area contributed by atoms with Crippen LogP contribution in [0.4, 0.5) is 0 Å². The van der Waals surface area contributed by atoms with Gasteiger partial charge in [0.15, 0.2) is 0 Å². The van der Waals surface area contributed by atoms with Gasteiger partial charge in [0.05, 0.1) is 18.2 Å². The molecule has 31 heavy (non-hydrogen) atoms. The first-order valence-electron chi connectivity index (χ1n) is 9.83. The molecule has 1 aromatic heterocycles. The lowest BCUT2D eigenvalue weighted by molar-refractivity contribution is -0.138. The Morgan fingerprint density at radius 2 is 1.71 bits per heavy atom. The third kappa shape index (κ3) is 6.66. The van der Waals surface area contributed by atoms with Gasteiger partial charge in [-0.15, -0.1) is 10.2 Å². The van der Waals surface area contributed by atoms with Crippen molar-refractivity contribution in [2.75, 3.05) is 0 Å². The van der Waals surface area contributed by atoms with E-state index in [1.54, 1.807) is 24.3 Å². The fraction of sp³-hybridized carbons (Fsp3) is 0.208. The number of benzene rings is 2. The second-order valence-corrected chi connectivity index (χ2v) is 6.67. The van der Waals surface area contributed by atoms with Gasteiger partial charge in [-0.1, -0.05) is 30.0 Å². The van der Waals surface area contributed by atoms with Crippen LogP contribution in [0.25, 0.3) is 11.5 Å². The minimum absolute atomic E-state index is 0.000470. The van der Waals surface area contributed by atoms with Crippen molar-refractivity contribution in [2.24, 2.45) is 0 Å². The van der Waals surface area contributed by atoms with Crippen molar-refractivity contribution in [3.05, 3.63) is 71.6 Å². The molecule has 3 rings (SSSR count). The molecule has 1 amide bonds. The zero-order valence-corrected chi connectivity index (χ0v) is 16.8. The highest BCUT2D eigenvalue weighted by molar-refractivity contribution is 6.36. The van der Waals surface area contributed by atoms with Gasteiger partial charge in [-0.2, -0.15) is 5.26 Å². The molecule has 1 N–H and O–H groups in total. The summed E-state index contributed by atoms with van der Waals surface area (Å²) in [7, 11) is 0. The summed E-state index contributed by atoms with van der Waals surface area (Å²) in [6, 6.07) is 18.4. The lowest BCUT2D eigenvalue weighted by Gasteiger charge is -2.01. The van der Waals surface area contributed by atoms with Gasteiger partial charge in [0.25, 0.3) is 5.91 Å². The van der Waals surface area contributed by atoms with Crippen LogP contribution in [-0.4, -0.2) is 21.9 Å². The number of hydrogen-bond donors (Lipinski definition) is 1. The molecule has 2 aromatic carbocycles. The van der Waals surface area contributed by atoms with E-state index in [4.69, 9.17) is 9.68 Å². The molecule has 3 aromatic rings. The molecular formula is C24H20N4O3. The standard InChI is InChI=1S/C24H20N4O3/c25-16-19-14-12-18(13-15-19)8-4-1-2-7-11-21(29)23(30)26-17-22-27-28-24(31-22)20-9-5-3-6-10-20/h3,5-6,9-10,12-15H,1-2,7,11,17H2,(H,26,30). The first-order valence-corrected chi connectivity index (χ1v) is 9.83. The Labute approximate surface area is 180 Å². The van der Waals surface area contributed by atoms with E-state index in [2.05, 4.69) is 33.4 Å². The monoisotopic (exact) mass is 412 g/mol. The van der Waals surface area contributed by atoms with E-state index in [0.717, 1.165) is 11.1 Å². The molecule has 7 nitrogen and oxygen atoms in total. The van der Waals surface area contributed by atoms with E-state index >= 15 is 0 Å². The lowest BCUT2D eigenvalue weighted by atomic mass is 10.1. The number of carbonyl (C=O) groups excluding carboxylic acids is 2. The van der Waals surface area contributed by atoms with Gasteiger partial charge < -0.3 is 9.73 Å². The summed E-state index contributed by atoms with van der Waals surface area (Å²) >= 11 is 0. The Morgan fingerprint density at radius 1 is 0.968 bits per heavy atom. The largest absolute Gasteiger partial charge is 0.419 e. The Morgan fingerprint density at radius 3 is 2.45 bits per heavy atom. The average Bonchev–Trinajstić information content (AvgIpc) is 3.29. The van der Waals surface area contributed by atoms with Crippen LogP contribution in [0.1, 0.15) is 42.7 Å². The minimum atomic E-state index is -0.664. The molecule has 0 aliphatic heterocycles. The van der Waals surface area contributed by atoms with Crippen molar-refractivity contribution in [2.45, 2.75) is 32.2 Å². The molecule has 0 aliphatic carbocycles. The van der Waals surface area contributed by atoms with E-state index in [-0.39, 0.29) is 18.9 Å². The highest BCUT2D eigenvalue weighted by atomic mass is 16.4. The quantitative estimate of drug-likeness (QED) is 0.345. The molecule has 0 spiro atoms. The average molecular weight is 412 g/mol. The maximum atomic E-state index is 12.0. The van der Waals surface area contributed by atoms with Crippen molar-refractivity contribution >= 4 is 11.7 Å². The summed E-state index contributed by atoms with van der Waals surface area (Å²) in [5.41, 5.74) is 2.22. The molecule has 7 heteroatoms. The number of amides is 1. The predicted octanol–water partition coefficient (Wildman–Crippen LogP) is 3.41. The molecule has 0 aliphatic rings. The number of ketones is 1. The molecular weight excluding hydrogens is 392 g/mol. The second kappa shape index (κ2) is 11.1. The smallest absolute Gasteiger partial charge is 0.287 e. The van der Waals surface area contributed by atoms with Crippen LogP contribution >= 0.6 is 0 Å². The van der Waals surface area contributed by atoms with Gasteiger partial charge in [-0.3, -0.25) is 9.59 Å². The predicted molar refractivity (Wildman–Crippen MR) is 113 cm³/mol. The fourth-order valence-electron chi connectivity index (χ4n) is 2.68. The highest BCUT2D eigenvalue weighted by Gasteiger charge is 2.14. The lowest BCUT2D eigenvalue weighted by Crippen LogP contribution is -2.30. The molecule has 0 fully saturated rings. The normalized spacial score (nSPS) is 9.90. The van der Waals surface area contributed by atoms with Crippen LogP contribution in [0, 0.1) is 23.2 Å². The molecule has 154 valence electrons. The zero-order valence-electron chi connectivity index (χ0n) is 16.8. The number of rotatable bonds is 8. The number of Topliss-reactive ketones (excluding diaryl/α,β-unsaturated/α-hetero) is 1. The molecule has 0 saturated heterocycles. The Hall–Kier alpha value is -4.23. The fourth-order valence-corrected chi connectivity index (χ4v) is 2.68. The summed E-state index contributed by atoms with van der Waals surface area (Å²) in [4.78, 5) is 23.9. The first-order chi connectivity index (χ1) is 15.2. The maximum absolute atomic E-state index is 12.0. The van der Waals surface area contributed by atoms with E-state index in [0.29, 0.717) is 30.7 Å². The van der Waals surface area contributed by atoms with Crippen LogP contribution in [0.2, 0.25) is 0 Å². The third-order valence-electron chi connectivity index (χ3n) is 4.34. The number of aromatic nitrogens is 2. The Balaban J connectivity index is 1.34. The number of nitrogens with zero attached hydrogens (tertiary/aromatic N) is 3. The van der Waals surface area contributed by atoms with Crippen molar-refractivity contribution in [1.29, 1.82) is 5.26 Å². The molecule has 0 atom stereocenters. The topological polar surface area (TPSA) is 109 Å². The maximum Gasteiger partial charge on any atom is 0.287 e. The molecule has 1 heterocycles. The van der Waals surface area contributed by atoms with Crippen molar-refractivity contribution in [1.82, 2.24) is 15.5 Å². The van der Waals surface area contributed by atoms with Gasteiger partial charge in [0, 0.05) is 24.0 Å². The van der Waals surface area contributed by atoms with Crippen molar-refractivity contribution in [3.63, 3.8) is 0 Å². The van der Waals surface area contributed by atoms with E-state index in [9.17, 15) is 9.59 Å². The highest BCUT2D eigenvalue weighted by Crippen LogP contribution is 2.16. The van der Waals surface area contributed by atoms with Crippen LogP contribution in [-0.2, 0) is 16.1 Å². The van der Waals surface area contributed by atoms with Gasteiger partial charge in [0.2, 0.25) is 17.6 Å². The molecule has 0 unspecified atom stereocenters. The van der Waals surface area contributed by atoms with Gasteiger partial charge in [-0.05, 0) is 49.2 Å². The Bertz CT molecular complexity index is 1130. The zero-order chi connectivity index (χ0) is 21.9. The van der Waals surface area contributed by atoms with Crippen molar-refractivity contribution < 1.29 is 14.0 Å². The number of nitrogens with one attached hydrogen (secondary N) is 1. The van der Waals surface area contributed by atoms with Gasteiger partial charge in [-0.25, -0.2) is 0 Å². The molecule has 0 radical (unpaired) electrons. The van der Waals surface area contributed by atoms with Gasteiger partial charge >= 0.3 is 0 Å². The van der Waals surface area contributed by atoms with Crippen LogP contribution in [0.5, 0.6) is 0 Å². The third-order valence-corrected chi connectivity index (χ3v) is 4.34. The number of unbranched alkanes of at least 4 members (excludes halogenated alkanes) is 2.